The van der Waals surface area contributed by atoms with E-state index in [1.807, 2.05) is 0 Å². The Morgan fingerprint density at radius 2 is 1.59 bits per heavy atom. The zero-order valence-corrected chi connectivity index (χ0v) is 13.1. The molecule has 0 aliphatic rings. The molecule has 0 aromatic carbocycles. The van der Waals surface area contributed by atoms with Crippen molar-refractivity contribution in [3.05, 3.63) is 12.2 Å². The fourth-order valence-corrected chi connectivity index (χ4v) is 2.20. The Labute approximate surface area is 109 Å². The molecule has 1 atom stereocenters. The molecule has 0 heterocycles. The molecule has 1 unspecified atom stereocenters. The average Bonchev–Trinajstić information content (AvgIpc) is 2.24. The van der Waals surface area contributed by atoms with Gasteiger partial charge < -0.3 is 5.73 Å². The Balaban J connectivity index is 4.52. The molecule has 0 amide bonds. The molecule has 0 saturated carbocycles. The van der Waals surface area contributed by atoms with Crippen LogP contribution >= 0.6 is 0 Å². The molecule has 0 aromatic rings. The topological polar surface area (TPSA) is 26.0 Å². The Morgan fingerprint density at radius 1 is 1.12 bits per heavy atom. The van der Waals surface area contributed by atoms with Gasteiger partial charge in [0.05, 0.1) is 0 Å². The molecule has 0 fully saturated rings. The van der Waals surface area contributed by atoms with Crippen LogP contribution in [0.2, 0.25) is 0 Å². The highest BCUT2D eigenvalue weighted by Gasteiger charge is 2.36. The summed E-state index contributed by atoms with van der Waals surface area (Å²) in [5.74, 6) is 0.584. The molecule has 0 spiro atoms. The van der Waals surface area contributed by atoms with E-state index in [1.54, 1.807) is 0 Å². The van der Waals surface area contributed by atoms with Gasteiger partial charge in [0.1, 0.15) is 0 Å². The minimum atomic E-state index is 0.178. The largest absolute Gasteiger partial charge is 0.327 e. The summed E-state index contributed by atoms with van der Waals surface area (Å²) in [7, 11) is 0. The van der Waals surface area contributed by atoms with Crippen molar-refractivity contribution < 1.29 is 0 Å². The third kappa shape index (κ3) is 4.83. The predicted molar refractivity (Wildman–Crippen MR) is 79.0 cm³/mol. The fourth-order valence-electron chi connectivity index (χ4n) is 2.20. The van der Waals surface area contributed by atoms with E-state index in [2.05, 4.69) is 55.0 Å². The van der Waals surface area contributed by atoms with Gasteiger partial charge in [0, 0.05) is 6.04 Å². The SMILES string of the molecule is C=C(CCC(C)(C)C(N)C(C)(C)CC)C(C)C. The number of rotatable bonds is 7. The predicted octanol–water partition coefficient (Wildman–Crippen LogP) is 4.77. The number of hydrogen-bond donors (Lipinski definition) is 1. The Bertz CT molecular complexity index is 248. The van der Waals surface area contributed by atoms with Crippen LogP contribution in [0.25, 0.3) is 0 Å². The van der Waals surface area contributed by atoms with E-state index in [-0.39, 0.29) is 16.9 Å². The van der Waals surface area contributed by atoms with E-state index >= 15 is 0 Å². The van der Waals surface area contributed by atoms with E-state index in [1.165, 1.54) is 5.57 Å². The van der Waals surface area contributed by atoms with Crippen molar-refractivity contribution in [2.45, 2.75) is 73.8 Å². The normalized spacial score (nSPS) is 15.1. The first-order chi connectivity index (χ1) is 7.54. The molecule has 0 aliphatic carbocycles. The van der Waals surface area contributed by atoms with Crippen molar-refractivity contribution in [2.24, 2.45) is 22.5 Å². The van der Waals surface area contributed by atoms with Gasteiger partial charge >= 0.3 is 0 Å². The van der Waals surface area contributed by atoms with Gasteiger partial charge in [-0.15, -0.1) is 0 Å². The molecule has 1 nitrogen and oxygen atoms in total. The quantitative estimate of drug-likeness (QED) is 0.636. The third-order valence-corrected chi connectivity index (χ3v) is 4.50. The summed E-state index contributed by atoms with van der Waals surface area (Å²) in [6.45, 7) is 19.9. The second-order valence-electron chi connectivity index (χ2n) is 7.12. The standard InChI is InChI=1S/C16H33N/c1-9-15(5,6)14(17)16(7,8)11-10-13(4)12(2)3/h12,14H,4,9-11,17H2,1-3,5-8H3. The maximum Gasteiger partial charge on any atom is 0.0142 e. The summed E-state index contributed by atoms with van der Waals surface area (Å²) < 4.78 is 0. The van der Waals surface area contributed by atoms with Crippen molar-refractivity contribution in [1.82, 2.24) is 0 Å². The van der Waals surface area contributed by atoms with Crippen molar-refractivity contribution in [3.63, 3.8) is 0 Å². The van der Waals surface area contributed by atoms with Crippen molar-refractivity contribution >= 4 is 0 Å². The summed E-state index contributed by atoms with van der Waals surface area (Å²) in [5, 5.41) is 0. The molecule has 1 heteroatoms. The molecule has 0 radical (unpaired) electrons. The Kier molecular flexibility index (Phi) is 5.93. The molecule has 2 N–H and O–H groups in total. The van der Waals surface area contributed by atoms with Gasteiger partial charge in [0.2, 0.25) is 0 Å². The van der Waals surface area contributed by atoms with Crippen LogP contribution in [0.3, 0.4) is 0 Å². The van der Waals surface area contributed by atoms with Crippen LogP contribution < -0.4 is 5.73 Å². The fraction of sp³-hybridized carbons (Fsp3) is 0.875. The van der Waals surface area contributed by atoms with Gasteiger partial charge in [0.25, 0.3) is 0 Å². The van der Waals surface area contributed by atoms with Crippen LogP contribution in [0.1, 0.15) is 67.7 Å². The Morgan fingerprint density at radius 3 is 1.94 bits per heavy atom. The molecular weight excluding hydrogens is 206 g/mol. The average molecular weight is 239 g/mol. The molecule has 0 aliphatic heterocycles. The lowest BCUT2D eigenvalue weighted by molar-refractivity contribution is 0.131. The first kappa shape index (κ1) is 16.7. The summed E-state index contributed by atoms with van der Waals surface area (Å²) in [6, 6.07) is 0.236. The van der Waals surface area contributed by atoms with Gasteiger partial charge in [0.15, 0.2) is 0 Å². The number of hydrogen-bond acceptors (Lipinski definition) is 1. The van der Waals surface area contributed by atoms with Crippen LogP contribution in [-0.2, 0) is 0 Å². The minimum absolute atomic E-state index is 0.178. The molecule has 0 rings (SSSR count). The highest BCUT2D eigenvalue weighted by molar-refractivity contribution is 5.00. The molecule has 17 heavy (non-hydrogen) atoms. The van der Waals surface area contributed by atoms with Gasteiger partial charge in [-0.05, 0) is 36.0 Å². The zero-order chi connectivity index (χ0) is 13.9. The second kappa shape index (κ2) is 6.04. The Hall–Kier alpha value is -0.300. The highest BCUT2D eigenvalue weighted by Crippen LogP contribution is 2.38. The van der Waals surface area contributed by atoms with E-state index in [0.717, 1.165) is 19.3 Å². The summed E-state index contributed by atoms with van der Waals surface area (Å²) in [5.41, 5.74) is 8.21. The maximum atomic E-state index is 6.47. The lowest BCUT2D eigenvalue weighted by Gasteiger charge is -2.42. The van der Waals surface area contributed by atoms with Crippen LogP contribution in [-0.4, -0.2) is 6.04 Å². The molecule has 0 bridgehead atoms. The lowest BCUT2D eigenvalue weighted by atomic mass is 9.67. The first-order valence-corrected chi connectivity index (χ1v) is 6.98. The molecule has 102 valence electrons. The first-order valence-electron chi connectivity index (χ1n) is 6.98. The summed E-state index contributed by atoms with van der Waals surface area (Å²) in [4.78, 5) is 0. The summed E-state index contributed by atoms with van der Waals surface area (Å²) >= 11 is 0. The van der Waals surface area contributed by atoms with Gasteiger partial charge in [-0.3, -0.25) is 0 Å². The van der Waals surface area contributed by atoms with Crippen LogP contribution in [0.15, 0.2) is 12.2 Å². The summed E-state index contributed by atoms with van der Waals surface area (Å²) in [6.07, 6.45) is 3.36. The minimum Gasteiger partial charge on any atom is -0.327 e. The highest BCUT2D eigenvalue weighted by atomic mass is 14.7. The second-order valence-corrected chi connectivity index (χ2v) is 7.12. The molecular formula is C16H33N. The lowest BCUT2D eigenvalue weighted by Crippen LogP contribution is -2.48. The number of nitrogens with two attached hydrogens (primary N) is 1. The van der Waals surface area contributed by atoms with Gasteiger partial charge in [-0.25, -0.2) is 0 Å². The van der Waals surface area contributed by atoms with E-state index in [9.17, 15) is 0 Å². The maximum absolute atomic E-state index is 6.47. The van der Waals surface area contributed by atoms with Crippen LogP contribution in [0.4, 0.5) is 0 Å². The van der Waals surface area contributed by atoms with E-state index in [4.69, 9.17) is 5.73 Å². The monoisotopic (exact) mass is 239 g/mol. The molecule has 0 aromatic heterocycles. The van der Waals surface area contributed by atoms with Crippen LogP contribution in [0.5, 0.6) is 0 Å². The van der Waals surface area contributed by atoms with Crippen molar-refractivity contribution in [1.29, 1.82) is 0 Å². The van der Waals surface area contributed by atoms with Crippen molar-refractivity contribution in [2.75, 3.05) is 0 Å². The van der Waals surface area contributed by atoms with E-state index in [0.29, 0.717) is 5.92 Å². The van der Waals surface area contributed by atoms with Gasteiger partial charge in [-0.2, -0.15) is 0 Å². The van der Waals surface area contributed by atoms with E-state index < -0.39 is 0 Å². The number of allylic oxidation sites excluding steroid dienone is 1. The third-order valence-electron chi connectivity index (χ3n) is 4.50. The van der Waals surface area contributed by atoms with Crippen LogP contribution in [0, 0.1) is 16.7 Å². The van der Waals surface area contributed by atoms with Crippen molar-refractivity contribution in [3.8, 4) is 0 Å². The molecule has 0 saturated heterocycles. The smallest absolute Gasteiger partial charge is 0.0142 e. The van der Waals surface area contributed by atoms with Gasteiger partial charge in [-0.1, -0.05) is 60.6 Å². The zero-order valence-electron chi connectivity index (χ0n) is 13.1.